The van der Waals surface area contributed by atoms with Gasteiger partial charge in [-0.1, -0.05) is 25.3 Å². The Kier molecular flexibility index (Phi) is 10.3. The molecule has 6 heterocycles. The van der Waals surface area contributed by atoms with Crippen molar-refractivity contribution in [3.05, 3.63) is 107 Å². The summed E-state index contributed by atoms with van der Waals surface area (Å²) in [7, 11) is 1.66. The highest BCUT2D eigenvalue weighted by Gasteiger charge is 2.21. The van der Waals surface area contributed by atoms with E-state index in [1.807, 2.05) is 22.9 Å². The number of H-pyrrole nitrogens is 2. The number of fused-ring (bicyclic) bond motifs is 8. The molecule has 0 saturated carbocycles. The van der Waals surface area contributed by atoms with Gasteiger partial charge < -0.3 is 25.2 Å². The van der Waals surface area contributed by atoms with Crippen LogP contribution in [0.25, 0.3) is 50.4 Å². The van der Waals surface area contributed by atoms with E-state index >= 15 is 0 Å². The van der Waals surface area contributed by atoms with Crippen molar-refractivity contribution in [2.45, 2.75) is 66.3 Å². The van der Waals surface area contributed by atoms with E-state index in [1.165, 1.54) is 0 Å². The lowest BCUT2D eigenvalue weighted by Crippen LogP contribution is -2.24. The third-order valence-electron chi connectivity index (χ3n) is 10.0. The second-order valence-corrected chi connectivity index (χ2v) is 13.1. The van der Waals surface area contributed by atoms with Crippen molar-refractivity contribution in [3.63, 3.8) is 0 Å². The molecule has 0 radical (unpaired) electrons. The summed E-state index contributed by atoms with van der Waals surface area (Å²) in [5.74, 6) is -0.0242. The molecule has 0 unspecified atom stereocenters. The number of carbonyl (C=O) groups excluding carboxylic acids is 2. The first kappa shape index (κ1) is 35.1. The van der Waals surface area contributed by atoms with Gasteiger partial charge in [-0.3, -0.25) is 9.59 Å². The van der Waals surface area contributed by atoms with Crippen LogP contribution in [-0.2, 0) is 22.6 Å². The first-order chi connectivity index (χ1) is 24.6. The molecule has 2 amide bonds. The SMILES string of the molecule is C=CC1=C(C)c2cc3[nH]c(cc4nc(cc5[nH]c(cc1n2)c(C)c5C=C)C(C)=C4CCC(=O)NCCCn1ccnc1)c(CCC(=O)NC)c3C. The maximum atomic E-state index is 13.0. The number of aromatic amines is 2. The molecule has 2 aliphatic rings. The summed E-state index contributed by atoms with van der Waals surface area (Å²) < 4.78 is 2.00. The Balaban J connectivity index is 1.49. The molecule has 262 valence electrons. The highest BCUT2D eigenvalue weighted by molar-refractivity contribution is 5.98. The van der Waals surface area contributed by atoms with Crippen molar-refractivity contribution in [1.82, 2.24) is 40.1 Å². The lowest BCUT2D eigenvalue weighted by Gasteiger charge is -2.08. The van der Waals surface area contributed by atoms with Crippen LogP contribution in [0.4, 0.5) is 0 Å². The molecule has 0 aliphatic carbocycles. The first-order valence-electron chi connectivity index (χ1n) is 17.5. The van der Waals surface area contributed by atoms with E-state index in [-0.39, 0.29) is 11.8 Å². The largest absolute Gasteiger partial charge is 0.359 e. The number of aryl methyl sites for hydroxylation is 4. The summed E-state index contributed by atoms with van der Waals surface area (Å²) in [4.78, 5) is 47.0. The van der Waals surface area contributed by atoms with Gasteiger partial charge in [-0.15, -0.1) is 0 Å². The van der Waals surface area contributed by atoms with Crippen molar-refractivity contribution in [3.8, 4) is 0 Å². The van der Waals surface area contributed by atoms with Crippen LogP contribution in [0.3, 0.4) is 0 Å². The lowest BCUT2D eigenvalue weighted by molar-refractivity contribution is -0.121. The van der Waals surface area contributed by atoms with E-state index < -0.39 is 0 Å². The molecule has 10 nitrogen and oxygen atoms in total. The summed E-state index contributed by atoms with van der Waals surface area (Å²) in [6.45, 7) is 17.9. The number of hydrogen-bond acceptors (Lipinski definition) is 5. The number of imidazole rings is 1. The number of allylic oxidation sites excluding steroid dienone is 5. The number of amides is 2. The average Bonchev–Trinajstić information content (AvgIpc) is 3.92. The molecule has 4 N–H and O–H groups in total. The first-order valence-corrected chi connectivity index (χ1v) is 17.5. The standard InChI is InChI=1S/C41H46N8O2/c1-8-28-24(3)32-19-33-26(5)30(11-13-40(50)42-7)38(47-33)22-39-31(12-14-41(51)44-15-10-17-49-18-16-43-23-49)27(6)35(48-39)21-37-29(9-2)25(4)34(46-37)20-36(28)45-32/h8-9,16,18-23,46-47H,1-2,10-15,17H2,3-7H3,(H,42,50)(H,44,51). The molecule has 6 rings (SSSR count). The molecule has 0 fully saturated rings. The zero-order valence-electron chi connectivity index (χ0n) is 30.2. The quantitative estimate of drug-likeness (QED) is 0.115. The van der Waals surface area contributed by atoms with E-state index in [4.69, 9.17) is 9.97 Å². The van der Waals surface area contributed by atoms with Gasteiger partial charge in [0.15, 0.2) is 0 Å². The zero-order valence-corrected chi connectivity index (χ0v) is 30.2. The van der Waals surface area contributed by atoms with Crippen LogP contribution in [0.1, 0.15) is 84.6 Å². The van der Waals surface area contributed by atoms with E-state index in [0.29, 0.717) is 32.2 Å². The maximum Gasteiger partial charge on any atom is 0.220 e. The van der Waals surface area contributed by atoms with Gasteiger partial charge in [0.05, 0.1) is 29.1 Å². The summed E-state index contributed by atoms with van der Waals surface area (Å²) in [5.41, 5.74) is 15.1. The number of carbonyl (C=O) groups is 2. The normalized spacial score (nSPS) is 12.7. The molecule has 4 aromatic rings. The highest BCUT2D eigenvalue weighted by atomic mass is 16.2. The fourth-order valence-corrected chi connectivity index (χ4v) is 6.90. The van der Waals surface area contributed by atoms with Crippen LogP contribution < -0.4 is 10.6 Å². The van der Waals surface area contributed by atoms with Gasteiger partial charge in [0.2, 0.25) is 11.8 Å². The Labute approximate surface area is 298 Å². The Morgan fingerprint density at radius 1 is 0.804 bits per heavy atom. The van der Waals surface area contributed by atoms with Crippen LogP contribution in [0.15, 0.2) is 62.2 Å². The highest BCUT2D eigenvalue weighted by Crippen LogP contribution is 2.36. The van der Waals surface area contributed by atoms with Gasteiger partial charge >= 0.3 is 0 Å². The molecular formula is C41H46N8O2. The minimum absolute atomic E-state index is 0.000246. The molecule has 0 atom stereocenters. The number of rotatable bonds is 12. The predicted molar refractivity (Wildman–Crippen MR) is 207 cm³/mol. The predicted octanol–water partition coefficient (Wildman–Crippen LogP) is 7.48. The molecule has 10 heteroatoms. The van der Waals surface area contributed by atoms with Gasteiger partial charge in [0.1, 0.15) is 0 Å². The minimum atomic E-state index is -0.0239. The van der Waals surface area contributed by atoms with Gasteiger partial charge in [-0.05, 0) is 105 Å². The Morgan fingerprint density at radius 3 is 2.20 bits per heavy atom. The molecule has 0 saturated heterocycles. The molecule has 2 aliphatic heterocycles. The summed E-state index contributed by atoms with van der Waals surface area (Å²) in [5, 5.41) is 5.82. The zero-order chi connectivity index (χ0) is 36.2. The fourth-order valence-electron chi connectivity index (χ4n) is 6.90. The molecule has 8 bridgehead atoms. The number of aromatic nitrogens is 6. The smallest absolute Gasteiger partial charge is 0.220 e. The van der Waals surface area contributed by atoms with Crippen LogP contribution in [0.2, 0.25) is 0 Å². The Bertz CT molecular complexity index is 2260. The fraction of sp³-hybridized carbons (Fsp3) is 0.293. The summed E-state index contributed by atoms with van der Waals surface area (Å²) in [6, 6.07) is 8.27. The second kappa shape index (κ2) is 15.0. The topological polar surface area (TPSA) is 133 Å². The van der Waals surface area contributed by atoms with Gasteiger partial charge in [-0.25, -0.2) is 15.0 Å². The third-order valence-corrected chi connectivity index (χ3v) is 10.0. The summed E-state index contributed by atoms with van der Waals surface area (Å²) in [6.07, 6.45) is 11.8. The van der Waals surface area contributed by atoms with Crippen LogP contribution in [-0.4, -0.2) is 54.9 Å². The van der Waals surface area contributed by atoms with Crippen molar-refractivity contribution >= 4 is 62.2 Å². The Morgan fingerprint density at radius 2 is 1.47 bits per heavy atom. The number of hydrogen-bond donors (Lipinski definition) is 4. The van der Waals surface area contributed by atoms with E-state index in [2.05, 4.69) is 90.7 Å². The molecule has 0 spiro atoms. The average molecular weight is 683 g/mol. The van der Waals surface area contributed by atoms with Crippen LogP contribution >= 0.6 is 0 Å². The Hall–Kier alpha value is -5.77. The van der Waals surface area contributed by atoms with Crippen molar-refractivity contribution in [1.29, 1.82) is 0 Å². The molecule has 4 aromatic heterocycles. The van der Waals surface area contributed by atoms with Gasteiger partial charge in [0.25, 0.3) is 0 Å². The monoisotopic (exact) mass is 682 g/mol. The van der Waals surface area contributed by atoms with E-state index in [1.54, 1.807) is 19.6 Å². The molecular weight excluding hydrogens is 637 g/mol. The van der Waals surface area contributed by atoms with Crippen molar-refractivity contribution in [2.24, 2.45) is 0 Å². The summed E-state index contributed by atoms with van der Waals surface area (Å²) >= 11 is 0. The van der Waals surface area contributed by atoms with Crippen molar-refractivity contribution < 1.29 is 9.59 Å². The second-order valence-electron chi connectivity index (χ2n) is 13.1. The minimum Gasteiger partial charge on any atom is -0.359 e. The lowest BCUT2D eigenvalue weighted by atomic mass is 10.00. The van der Waals surface area contributed by atoms with E-state index in [9.17, 15) is 9.59 Å². The number of nitrogens with one attached hydrogen (secondary N) is 4. The van der Waals surface area contributed by atoms with Crippen molar-refractivity contribution in [2.75, 3.05) is 13.6 Å². The van der Waals surface area contributed by atoms with Crippen LogP contribution in [0.5, 0.6) is 0 Å². The molecule has 51 heavy (non-hydrogen) atoms. The van der Waals surface area contributed by atoms with Crippen LogP contribution in [0, 0.1) is 13.8 Å². The maximum absolute atomic E-state index is 13.0. The third kappa shape index (κ3) is 7.26. The van der Waals surface area contributed by atoms with Gasteiger partial charge in [0, 0.05) is 78.6 Å². The molecule has 0 aromatic carbocycles. The number of nitrogens with zero attached hydrogens (tertiary/aromatic N) is 4. The van der Waals surface area contributed by atoms with E-state index in [0.717, 1.165) is 102 Å². The van der Waals surface area contributed by atoms with Gasteiger partial charge in [-0.2, -0.15) is 0 Å².